The molecular formula is C23H19FN2O3S. The van der Waals surface area contributed by atoms with E-state index in [0.717, 1.165) is 5.56 Å². The molecule has 0 saturated heterocycles. The average molecular weight is 422 g/mol. The Morgan fingerprint density at radius 2 is 1.73 bits per heavy atom. The standard InChI is InChI=1S/C23H19FN2O3S/c1-16-9-11-19(12-10-16)30(28,29)22-14-26(21-8-3-2-7-20(21)22)15-23(27)25-18-6-4-5-17(24)13-18/h2-14H,15H2,1H3,(H,25,27). The molecule has 1 heterocycles. The molecule has 5 nitrogen and oxygen atoms in total. The lowest BCUT2D eigenvalue weighted by molar-refractivity contribution is -0.116. The minimum atomic E-state index is -3.76. The number of aryl methyl sites for hydroxylation is 1. The number of sulfone groups is 1. The zero-order valence-electron chi connectivity index (χ0n) is 16.2. The lowest BCUT2D eigenvalue weighted by atomic mass is 10.2. The van der Waals surface area contributed by atoms with Crippen LogP contribution in [-0.2, 0) is 21.2 Å². The van der Waals surface area contributed by atoms with Crippen molar-refractivity contribution in [1.29, 1.82) is 0 Å². The SMILES string of the molecule is Cc1ccc(S(=O)(=O)c2cn(CC(=O)Nc3cccc(F)c3)c3ccccc23)cc1. The van der Waals surface area contributed by atoms with E-state index in [0.29, 0.717) is 16.6 Å². The van der Waals surface area contributed by atoms with Crippen molar-refractivity contribution in [2.24, 2.45) is 0 Å². The second kappa shape index (κ2) is 7.76. The third-order valence-electron chi connectivity index (χ3n) is 4.80. The van der Waals surface area contributed by atoms with Gasteiger partial charge >= 0.3 is 0 Å². The Balaban J connectivity index is 1.70. The van der Waals surface area contributed by atoms with Crippen LogP contribution in [0.15, 0.2) is 88.8 Å². The van der Waals surface area contributed by atoms with Gasteiger partial charge in [0.05, 0.1) is 9.79 Å². The van der Waals surface area contributed by atoms with Crippen LogP contribution < -0.4 is 5.32 Å². The molecule has 3 aromatic carbocycles. The number of fused-ring (bicyclic) bond motifs is 1. The van der Waals surface area contributed by atoms with Gasteiger partial charge in [0.1, 0.15) is 12.4 Å². The first-order valence-electron chi connectivity index (χ1n) is 9.30. The van der Waals surface area contributed by atoms with E-state index in [1.807, 2.05) is 6.92 Å². The first-order chi connectivity index (χ1) is 14.3. The van der Waals surface area contributed by atoms with Crippen LogP contribution in [0.2, 0.25) is 0 Å². The van der Waals surface area contributed by atoms with Crippen LogP contribution in [0.3, 0.4) is 0 Å². The molecule has 1 N–H and O–H groups in total. The molecule has 0 fully saturated rings. The van der Waals surface area contributed by atoms with Crippen LogP contribution in [0.4, 0.5) is 10.1 Å². The van der Waals surface area contributed by atoms with Crippen LogP contribution in [0.5, 0.6) is 0 Å². The molecule has 0 aliphatic heterocycles. The maximum absolute atomic E-state index is 13.4. The number of hydrogen-bond donors (Lipinski definition) is 1. The molecule has 0 spiro atoms. The number of amides is 1. The quantitative estimate of drug-likeness (QED) is 0.513. The van der Waals surface area contributed by atoms with Gasteiger partial charge in [-0.05, 0) is 43.3 Å². The van der Waals surface area contributed by atoms with Crippen molar-refractivity contribution in [3.63, 3.8) is 0 Å². The second-order valence-electron chi connectivity index (χ2n) is 7.01. The fraction of sp³-hybridized carbons (Fsp3) is 0.0870. The van der Waals surface area contributed by atoms with Gasteiger partial charge in [0.25, 0.3) is 0 Å². The molecule has 1 amide bonds. The Bertz CT molecular complexity index is 1340. The second-order valence-corrected chi connectivity index (χ2v) is 8.93. The molecule has 0 atom stereocenters. The van der Waals surface area contributed by atoms with Crippen LogP contribution >= 0.6 is 0 Å². The van der Waals surface area contributed by atoms with Crippen molar-refractivity contribution in [2.75, 3.05) is 5.32 Å². The number of benzene rings is 3. The maximum Gasteiger partial charge on any atom is 0.244 e. The number of aromatic nitrogens is 1. The highest BCUT2D eigenvalue weighted by atomic mass is 32.2. The summed E-state index contributed by atoms with van der Waals surface area (Å²) in [7, 11) is -3.76. The Labute approximate surface area is 173 Å². The van der Waals surface area contributed by atoms with E-state index in [-0.39, 0.29) is 22.2 Å². The van der Waals surface area contributed by atoms with Gasteiger partial charge in [-0.1, -0.05) is 42.0 Å². The van der Waals surface area contributed by atoms with Crippen molar-refractivity contribution >= 4 is 32.3 Å². The molecule has 7 heteroatoms. The molecule has 0 saturated carbocycles. The number of nitrogens with one attached hydrogen (secondary N) is 1. The Morgan fingerprint density at radius 1 is 1.00 bits per heavy atom. The normalized spacial score (nSPS) is 11.5. The molecule has 0 aliphatic rings. The molecule has 1 aromatic heterocycles. The first kappa shape index (κ1) is 19.8. The fourth-order valence-electron chi connectivity index (χ4n) is 3.32. The van der Waals surface area contributed by atoms with E-state index in [1.165, 1.54) is 24.4 Å². The largest absolute Gasteiger partial charge is 0.337 e. The summed E-state index contributed by atoms with van der Waals surface area (Å²) >= 11 is 0. The van der Waals surface area contributed by atoms with Gasteiger partial charge in [-0.15, -0.1) is 0 Å². The number of carbonyl (C=O) groups is 1. The van der Waals surface area contributed by atoms with E-state index < -0.39 is 15.7 Å². The fourth-order valence-corrected chi connectivity index (χ4v) is 4.80. The van der Waals surface area contributed by atoms with Gasteiger partial charge in [-0.25, -0.2) is 12.8 Å². The van der Waals surface area contributed by atoms with Crippen molar-refractivity contribution in [3.05, 3.63) is 90.4 Å². The highest BCUT2D eigenvalue weighted by molar-refractivity contribution is 7.91. The summed E-state index contributed by atoms with van der Waals surface area (Å²) in [6.07, 6.45) is 1.48. The first-order valence-corrected chi connectivity index (χ1v) is 10.8. The van der Waals surface area contributed by atoms with Gasteiger partial charge in [-0.3, -0.25) is 4.79 Å². The molecule has 152 valence electrons. The summed E-state index contributed by atoms with van der Waals surface area (Å²) < 4.78 is 41.4. The van der Waals surface area contributed by atoms with Crippen LogP contribution in [0.1, 0.15) is 5.56 Å². The molecule has 4 rings (SSSR count). The predicted octanol–water partition coefficient (Wildman–Crippen LogP) is 4.56. The maximum atomic E-state index is 13.4. The number of hydrogen-bond acceptors (Lipinski definition) is 3. The van der Waals surface area contributed by atoms with Crippen LogP contribution in [0.25, 0.3) is 10.9 Å². The van der Waals surface area contributed by atoms with Crippen molar-refractivity contribution in [1.82, 2.24) is 4.57 Å². The highest BCUT2D eigenvalue weighted by Crippen LogP contribution is 2.30. The number of carbonyl (C=O) groups excluding carboxylic acids is 1. The van der Waals surface area contributed by atoms with Gasteiger partial charge in [0.15, 0.2) is 0 Å². The molecular weight excluding hydrogens is 403 g/mol. The monoisotopic (exact) mass is 422 g/mol. The summed E-state index contributed by atoms with van der Waals surface area (Å²) in [4.78, 5) is 12.8. The number of anilines is 1. The van der Waals surface area contributed by atoms with Crippen molar-refractivity contribution in [2.45, 2.75) is 23.3 Å². The summed E-state index contributed by atoms with van der Waals surface area (Å²) in [6.45, 7) is 1.78. The molecule has 0 bridgehead atoms. The van der Waals surface area contributed by atoms with E-state index >= 15 is 0 Å². The number of nitrogens with zero attached hydrogens (tertiary/aromatic N) is 1. The topological polar surface area (TPSA) is 68.2 Å². The molecule has 30 heavy (non-hydrogen) atoms. The van der Waals surface area contributed by atoms with E-state index in [2.05, 4.69) is 5.32 Å². The Kier molecular flexibility index (Phi) is 5.13. The van der Waals surface area contributed by atoms with E-state index in [9.17, 15) is 17.6 Å². The third-order valence-corrected chi connectivity index (χ3v) is 6.59. The minimum absolute atomic E-state index is 0.111. The molecule has 0 unspecified atom stereocenters. The minimum Gasteiger partial charge on any atom is -0.337 e. The Hall–Kier alpha value is -3.45. The zero-order valence-corrected chi connectivity index (χ0v) is 17.0. The smallest absolute Gasteiger partial charge is 0.244 e. The molecule has 0 aliphatic carbocycles. The number of halogens is 1. The average Bonchev–Trinajstić information content (AvgIpc) is 3.07. The lowest BCUT2D eigenvalue weighted by Gasteiger charge is -2.07. The number of rotatable bonds is 5. The van der Waals surface area contributed by atoms with Crippen LogP contribution in [-0.4, -0.2) is 18.9 Å². The van der Waals surface area contributed by atoms with E-state index in [4.69, 9.17) is 0 Å². The highest BCUT2D eigenvalue weighted by Gasteiger charge is 2.23. The van der Waals surface area contributed by atoms with Crippen LogP contribution in [0, 0.1) is 12.7 Å². The van der Waals surface area contributed by atoms with Gasteiger partial charge < -0.3 is 9.88 Å². The zero-order chi connectivity index (χ0) is 21.3. The third kappa shape index (κ3) is 3.84. The van der Waals surface area contributed by atoms with E-state index in [1.54, 1.807) is 59.2 Å². The van der Waals surface area contributed by atoms with Gasteiger partial charge in [0.2, 0.25) is 15.7 Å². The number of para-hydroxylation sites is 1. The summed E-state index contributed by atoms with van der Waals surface area (Å²) in [6, 6.07) is 19.3. The lowest BCUT2D eigenvalue weighted by Crippen LogP contribution is -2.18. The molecule has 4 aromatic rings. The predicted molar refractivity (Wildman–Crippen MR) is 114 cm³/mol. The summed E-state index contributed by atoms with van der Waals surface area (Å²) in [5.41, 5.74) is 1.92. The Morgan fingerprint density at radius 3 is 2.47 bits per heavy atom. The van der Waals surface area contributed by atoms with Crippen molar-refractivity contribution < 1.29 is 17.6 Å². The molecule has 0 radical (unpaired) electrons. The van der Waals surface area contributed by atoms with Crippen molar-refractivity contribution in [3.8, 4) is 0 Å². The summed E-state index contributed by atoms with van der Waals surface area (Å²) in [5, 5.41) is 3.17. The van der Waals surface area contributed by atoms with Gasteiger partial charge in [0, 0.05) is 22.8 Å². The van der Waals surface area contributed by atoms with Gasteiger partial charge in [-0.2, -0.15) is 0 Å². The summed E-state index contributed by atoms with van der Waals surface area (Å²) in [5.74, 6) is -0.841.